The van der Waals surface area contributed by atoms with E-state index in [2.05, 4.69) is 20.6 Å². The number of rotatable bonds is 3. The predicted molar refractivity (Wildman–Crippen MR) is 101 cm³/mol. The molecule has 1 amide bonds. The van der Waals surface area contributed by atoms with Gasteiger partial charge in [0.2, 0.25) is 5.91 Å². The third-order valence-electron chi connectivity index (χ3n) is 4.80. The van der Waals surface area contributed by atoms with Gasteiger partial charge in [0.15, 0.2) is 5.65 Å². The van der Waals surface area contributed by atoms with Gasteiger partial charge in [0.05, 0.1) is 16.5 Å². The summed E-state index contributed by atoms with van der Waals surface area (Å²) in [5.74, 6) is -0.0386. The SMILES string of the molecule is O=C(Nc1ccc(Cl)c(C(F)(F)F)c1)C1CCCN(c2ccc3nncn3n2)C1. The van der Waals surface area contributed by atoms with E-state index in [1.165, 1.54) is 12.4 Å². The number of nitrogens with one attached hydrogen (secondary N) is 1. The van der Waals surface area contributed by atoms with Crippen LogP contribution in [-0.2, 0) is 11.0 Å². The molecule has 29 heavy (non-hydrogen) atoms. The number of alkyl halides is 3. The van der Waals surface area contributed by atoms with Gasteiger partial charge in [0.25, 0.3) is 0 Å². The summed E-state index contributed by atoms with van der Waals surface area (Å²) in [6.45, 7) is 1.13. The molecular weight excluding hydrogens is 409 g/mol. The summed E-state index contributed by atoms with van der Waals surface area (Å²) in [6.07, 6.45) is -1.71. The van der Waals surface area contributed by atoms with Crippen molar-refractivity contribution in [2.24, 2.45) is 5.92 Å². The molecule has 0 radical (unpaired) electrons. The molecule has 1 aliphatic rings. The first-order chi connectivity index (χ1) is 13.8. The first kappa shape index (κ1) is 19.4. The van der Waals surface area contributed by atoms with Gasteiger partial charge in [-0.05, 0) is 43.2 Å². The van der Waals surface area contributed by atoms with Crippen LogP contribution in [0.25, 0.3) is 5.65 Å². The van der Waals surface area contributed by atoms with Crippen molar-refractivity contribution < 1.29 is 18.0 Å². The summed E-state index contributed by atoms with van der Waals surface area (Å²) in [5.41, 5.74) is -0.301. The van der Waals surface area contributed by atoms with Gasteiger partial charge in [-0.15, -0.1) is 15.3 Å². The highest BCUT2D eigenvalue weighted by atomic mass is 35.5. The van der Waals surface area contributed by atoms with E-state index in [1.807, 2.05) is 4.90 Å². The van der Waals surface area contributed by atoms with Crippen LogP contribution in [-0.4, -0.2) is 38.8 Å². The summed E-state index contributed by atoms with van der Waals surface area (Å²) in [7, 11) is 0. The summed E-state index contributed by atoms with van der Waals surface area (Å²) in [6, 6.07) is 6.93. The van der Waals surface area contributed by atoms with Gasteiger partial charge < -0.3 is 10.2 Å². The number of piperidine rings is 1. The zero-order valence-electron chi connectivity index (χ0n) is 15.0. The minimum atomic E-state index is -4.59. The molecule has 11 heteroatoms. The zero-order chi connectivity index (χ0) is 20.6. The van der Waals surface area contributed by atoms with Crippen LogP contribution in [0, 0.1) is 5.92 Å². The fourth-order valence-corrected chi connectivity index (χ4v) is 3.58. The lowest BCUT2D eigenvalue weighted by Gasteiger charge is -2.32. The van der Waals surface area contributed by atoms with E-state index >= 15 is 0 Å². The van der Waals surface area contributed by atoms with Crippen LogP contribution in [0.2, 0.25) is 5.02 Å². The van der Waals surface area contributed by atoms with Gasteiger partial charge in [0.1, 0.15) is 12.1 Å². The largest absolute Gasteiger partial charge is 0.417 e. The molecule has 152 valence electrons. The van der Waals surface area contributed by atoms with Crippen molar-refractivity contribution in [2.45, 2.75) is 19.0 Å². The molecule has 0 spiro atoms. The Morgan fingerprint density at radius 1 is 1.24 bits per heavy atom. The lowest BCUT2D eigenvalue weighted by Crippen LogP contribution is -2.41. The van der Waals surface area contributed by atoms with Crippen molar-refractivity contribution in [3.8, 4) is 0 Å². The minimum Gasteiger partial charge on any atom is -0.354 e. The van der Waals surface area contributed by atoms with Gasteiger partial charge in [-0.25, -0.2) is 0 Å². The van der Waals surface area contributed by atoms with E-state index in [-0.39, 0.29) is 17.5 Å². The fourth-order valence-electron chi connectivity index (χ4n) is 3.35. The molecule has 1 saturated heterocycles. The summed E-state index contributed by atoms with van der Waals surface area (Å²) >= 11 is 5.63. The number of carbonyl (C=O) groups excluding carboxylic acids is 1. The number of anilines is 2. The lowest BCUT2D eigenvalue weighted by molar-refractivity contribution is -0.137. The van der Waals surface area contributed by atoms with E-state index in [0.29, 0.717) is 24.4 Å². The van der Waals surface area contributed by atoms with Crippen molar-refractivity contribution >= 4 is 34.7 Å². The highest BCUT2D eigenvalue weighted by Crippen LogP contribution is 2.36. The highest BCUT2D eigenvalue weighted by molar-refractivity contribution is 6.31. The zero-order valence-corrected chi connectivity index (χ0v) is 15.8. The van der Waals surface area contributed by atoms with Crippen LogP contribution in [0.1, 0.15) is 18.4 Å². The average molecular weight is 425 g/mol. The van der Waals surface area contributed by atoms with E-state index in [4.69, 9.17) is 11.6 Å². The van der Waals surface area contributed by atoms with Gasteiger partial charge in [-0.3, -0.25) is 4.79 Å². The Labute approximate surface area is 168 Å². The first-order valence-electron chi connectivity index (χ1n) is 8.91. The first-order valence-corrected chi connectivity index (χ1v) is 9.29. The van der Waals surface area contributed by atoms with Gasteiger partial charge in [0, 0.05) is 18.8 Å². The molecule has 3 heterocycles. The van der Waals surface area contributed by atoms with Crippen molar-refractivity contribution in [2.75, 3.05) is 23.3 Å². The van der Waals surface area contributed by atoms with Crippen LogP contribution in [0.3, 0.4) is 0 Å². The van der Waals surface area contributed by atoms with Crippen molar-refractivity contribution in [3.63, 3.8) is 0 Å². The van der Waals surface area contributed by atoms with Crippen LogP contribution >= 0.6 is 11.6 Å². The maximum atomic E-state index is 13.0. The smallest absolute Gasteiger partial charge is 0.354 e. The van der Waals surface area contributed by atoms with Gasteiger partial charge in [-0.2, -0.15) is 17.7 Å². The molecule has 0 bridgehead atoms. The van der Waals surface area contributed by atoms with E-state index in [1.54, 1.807) is 16.6 Å². The predicted octanol–water partition coefficient (Wildman–Crippen LogP) is 3.65. The molecule has 1 N–H and O–H groups in total. The quantitative estimate of drug-likeness (QED) is 0.694. The molecule has 1 unspecified atom stereocenters. The molecule has 1 aromatic carbocycles. The summed E-state index contributed by atoms with van der Waals surface area (Å²) in [4.78, 5) is 14.6. The normalized spacial score (nSPS) is 17.5. The Morgan fingerprint density at radius 3 is 2.86 bits per heavy atom. The lowest BCUT2D eigenvalue weighted by atomic mass is 9.97. The number of hydrogen-bond donors (Lipinski definition) is 1. The molecule has 1 fully saturated rings. The number of amides is 1. The molecule has 2 aromatic heterocycles. The Morgan fingerprint density at radius 2 is 2.07 bits per heavy atom. The maximum Gasteiger partial charge on any atom is 0.417 e. The van der Waals surface area contributed by atoms with Crippen LogP contribution in [0.4, 0.5) is 24.7 Å². The van der Waals surface area contributed by atoms with Crippen LogP contribution in [0.5, 0.6) is 0 Å². The third kappa shape index (κ3) is 4.12. The minimum absolute atomic E-state index is 0.0629. The van der Waals surface area contributed by atoms with Crippen molar-refractivity contribution in [1.82, 2.24) is 19.8 Å². The standard InChI is InChI=1S/C18H16ClF3N6O/c19-14-4-3-12(8-13(14)18(20,21)22)24-17(29)11-2-1-7-27(9-11)16-6-5-15-25-23-10-28(15)26-16/h3-6,8,10-11H,1-2,7,9H2,(H,24,29). The van der Waals surface area contributed by atoms with Gasteiger partial charge in [-0.1, -0.05) is 11.6 Å². The number of halogens is 4. The second-order valence-electron chi connectivity index (χ2n) is 6.79. The van der Waals surface area contributed by atoms with Crippen LogP contribution in [0.15, 0.2) is 36.7 Å². The molecular formula is C18H16ClF3N6O. The topological polar surface area (TPSA) is 75.4 Å². The molecule has 0 aliphatic carbocycles. The monoisotopic (exact) mass is 424 g/mol. The summed E-state index contributed by atoms with van der Waals surface area (Å²) in [5, 5.41) is 14.3. The Balaban J connectivity index is 1.47. The molecule has 4 rings (SSSR count). The maximum absolute atomic E-state index is 13.0. The van der Waals surface area contributed by atoms with E-state index in [9.17, 15) is 18.0 Å². The third-order valence-corrected chi connectivity index (χ3v) is 5.13. The van der Waals surface area contributed by atoms with Gasteiger partial charge >= 0.3 is 6.18 Å². The molecule has 1 atom stereocenters. The summed E-state index contributed by atoms with van der Waals surface area (Å²) < 4.78 is 40.6. The molecule has 1 aliphatic heterocycles. The number of aromatic nitrogens is 4. The molecule has 3 aromatic rings. The Bertz CT molecular complexity index is 1050. The van der Waals surface area contributed by atoms with E-state index < -0.39 is 16.8 Å². The molecule has 0 saturated carbocycles. The number of fused-ring (bicyclic) bond motifs is 1. The molecule has 7 nitrogen and oxygen atoms in total. The average Bonchev–Trinajstić information content (AvgIpc) is 3.16. The fraction of sp³-hybridized carbons (Fsp3) is 0.333. The Kier molecular flexibility index (Phi) is 5.03. The Hall–Kier alpha value is -2.88. The number of benzene rings is 1. The second kappa shape index (κ2) is 7.51. The number of nitrogens with zero attached hydrogens (tertiary/aromatic N) is 5. The van der Waals surface area contributed by atoms with Crippen molar-refractivity contribution in [1.29, 1.82) is 0 Å². The van der Waals surface area contributed by atoms with Crippen molar-refractivity contribution in [3.05, 3.63) is 47.2 Å². The van der Waals surface area contributed by atoms with E-state index in [0.717, 1.165) is 25.1 Å². The van der Waals surface area contributed by atoms with Crippen LogP contribution < -0.4 is 10.2 Å². The number of hydrogen-bond acceptors (Lipinski definition) is 5. The highest BCUT2D eigenvalue weighted by Gasteiger charge is 2.34. The second-order valence-corrected chi connectivity index (χ2v) is 7.20. The number of carbonyl (C=O) groups is 1.